The Morgan fingerprint density at radius 1 is 1.17 bits per heavy atom. The Bertz CT molecular complexity index is 615. The third-order valence-corrected chi connectivity index (χ3v) is 6.16. The SMILES string of the molecule is O=C([C@@H]1C[C@@H]1c1cccc(Cl)c1)N1CCN([C@@H]2CCC[C@H]2O)CC1. The van der Waals surface area contributed by atoms with Gasteiger partial charge >= 0.3 is 0 Å². The minimum Gasteiger partial charge on any atom is -0.391 e. The number of aliphatic hydroxyl groups excluding tert-OH is 1. The molecular weight excluding hydrogens is 324 g/mol. The number of nitrogens with zero attached hydrogens (tertiary/aromatic N) is 2. The molecule has 1 aromatic rings. The van der Waals surface area contributed by atoms with Crippen LogP contribution in [-0.4, -0.2) is 59.1 Å². The maximum atomic E-state index is 12.7. The second kappa shape index (κ2) is 6.66. The first-order valence-electron chi connectivity index (χ1n) is 9.10. The molecule has 0 aromatic heterocycles. The second-order valence-corrected chi connectivity index (χ2v) is 7.87. The highest BCUT2D eigenvalue weighted by Gasteiger charge is 2.46. The molecule has 1 aliphatic heterocycles. The van der Waals surface area contributed by atoms with E-state index < -0.39 is 0 Å². The molecule has 5 heteroatoms. The average molecular weight is 349 g/mol. The molecule has 24 heavy (non-hydrogen) atoms. The van der Waals surface area contributed by atoms with Gasteiger partial charge in [-0.05, 0) is 49.3 Å². The molecule has 1 N–H and O–H groups in total. The Morgan fingerprint density at radius 2 is 1.96 bits per heavy atom. The molecule has 3 fully saturated rings. The lowest BCUT2D eigenvalue weighted by atomic mass is 10.1. The molecule has 2 saturated carbocycles. The molecule has 0 radical (unpaired) electrons. The van der Waals surface area contributed by atoms with Crippen molar-refractivity contribution in [1.82, 2.24) is 9.80 Å². The van der Waals surface area contributed by atoms with Gasteiger partial charge < -0.3 is 10.0 Å². The van der Waals surface area contributed by atoms with E-state index in [1.807, 2.05) is 23.1 Å². The Hall–Kier alpha value is -1.10. The van der Waals surface area contributed by atoms with Crippen LogP contribution in [0.3, 0.4) is 0 Å². The number of piperazine rings is 1. The van der Waals surface area contributed by atoms with Gasteiger partial charge in [0.25, 0.3) is 0 Å². The monoisotopic (exact) mass is 348 g/mol. The maximum Gasteiger partial charge on any atom is 0.226 e. The van der Waals surface area contributed by atoms with Gasteiger partial charge in [-0.2, -0.15) is 0 Å². The van der Waals surface area contributed by atoms with E-state index in [4.69, 9.17) is 11.6 Å². The molecule has 0 unspecified atom stereocenters. The minimum atomic E-state index is -0.178. The zero-order valence-corrected chi connectivity index (χ0v) is 14.7. The second-order valence-electron chi connectivity index (χ2n) is 7.43. The molecule has 130 valence electrons. The van der Waals surface area contributed by atoms with E-state index in [-0.39, 0.29) is 12.0 Å². The third-order valence-electron chi connectivity index (χ3n) is 5.92. The lowest BCUT2D eigenvalue weighted by molar-refractivity contribution is -0.135. The summed E-state index contributed by atoms with van der Waals surface area (Å²) >= 11 is 6.06. The fourth-order valence-corrected chi connectivity index (χ4v) is 4.63. The molecule has 4 atom stereocenters. The number of carbonyl (C=O) groups excluding carboxylic acids is 1. The zero-order chi connectivity index (χ0) is 16.7. The van der Waals surface area contributed by atoms with Crippen LogP contribution < -0.4 is 0 Å². The topological polar surface area (TPSA) is 43.8 Å². The summed E-state index contributed by atoms with van der Waals surface area (Å²) in [5.41, 5.74) is 1.19. The highest BCUT2D eigenvalue weighted by atomic mass is 35.5. The molecule has 1 heterocycles. The summed E-state index contributed by atoms with van der Waals surface area (Å²) in [6.45, 7) is 3.37. The third kappa shape index (κ3) is 3.19. The van der Waals surface area contributed by atoms with Gasteiger partial charge in [0.2, 0.25) is 5.91 Å². The van der Waals surface area contributed by atoms with E-state index in [1.165, 1.54) is 5.56 Å². The number of hydrogen-bond donors (Lipinski definition) is 1. The maximum absolute atomic E-state index is 12.7. The van der Waals surface area contributed by atoms with E-state index in [2.05, 4.69) is 11.0 Å². The van der Waals surface area contributed by atoms with Gasteiger partial charge in [-0.3, -0.25) is 9.69 Å². The zero-order valence-electron chi connectivity index (χ0n) is 13.9. The van der Waals surface area contributed by atoms with Crippen molar-refractivity contribution in [1.29, 1.82) is 0 Å². The Balaban J connectivity index is 1.31. The van der Waals surface area contributed by atoms with Crippen LogP contribution >= 0.6 is 11.6 Å². The minimum absolute atomic E-state index is 0.132. The molecule has 0 spiro atoms. The van der Waals surface area contributed by atoms with Gasteiger partial charge in [-0.1, -0.05) is 23.7 Å². The van der Waals surface area contributed by atoms with E-state index in [0.717, 1.165) is 56.9 Å². The van der Waals surface area contributed by atoms with Gasteiger partial charge in [0, 0.05) is 43.2 Å². The largest absolute Gasteiger partial charge is 0.391 e. The number of hydrogen-bond acceptors (Lipinski definition) is 3. The molecular formula is C19H25ClN2O2. The highest BCUT2D eigenvalue weighted by molar-refractivity contribution is 6.30. The summed E-state index contributed by atoms with van der Waals surface area (Å²) in [7, 11) is 0. The molecule has 4 rings (SSSR count). The van der Waals surface area contributed by atoms with Crippen molar-refractivity contribution in [2.75, 3.05) is 26.2 Å². The molecule has 1 saturated heterocycles. The summed E-state index contributed by atoms with van der Waals surface area (Å²) < 4.78 is 0. The van der Waals surface area contributed by atoms with Crippen LogP contribution in [0.4, 0.5) is 0 Å². The number of carbonyl (C=O) groups is 1. The average Bonchev–Trinajstić information content (AvgIpc) is 3.29. The van der Waals surface area contributed by atoms with E-state index in [0.29, 0.717) is 17.9 Å². The van der Waals surface area contributed by atoms with Gasteiger partial charge in [-0.15, -0.1) is 0 Å². The molecule has 1 aromatic carbocycles. The lowest BCUT2D eigenvalue weighted by Crippen LogP contribution is -2.54. The van der Waals surface area contributed by atoms with E-state index >= 15 is 0 Å². The summed E-state index contributed by atoms with van der Waals surface area (Å²) in [5.74, 6) is 0.768. The normalized spacial score (nSPS) is 33.7. The van der Waals surface area contributed by atoms with Crippen LogP contribution in [0, 0.1) is 5.92 Å². The van der Waals surface area contributed by atoms with Gasteiger partial charge in [-0.25, -0.2) is 0 Å². The van der Waals surface area contributed by atoms with Crippen molar-refractivity contribution in [3.63, 3.8) is 0 Å². The number of halogens is 1. The first kappa shape index (κ1) is 16.4. The van der Waals surface area contributed by atoms with Crippen LogP contribution in [0.2, 0.25) is 5.02 Å². The standard InChI is InChI=1S/C19H25ClN2O2/c20-14-4-1-3-13(11-14)15-12-16(15)19(24)22-9-7-21(8-10-22)17-5-2-6-18(17)23/h1,3-4,11,15-18,23H,2,5-10,12H2/t15-,16-,17-,18-/m1/s1. The lowest BCUT2D eigenvalue weighted by Gasteiger charge is -2.39. The first-order chi connectivity index (χ1) is 11.6. The van der Waals surface area contributed by atoms with Crippen LogP contribution in [0.15, 0.2) is 24.3 Å². The van der Waals surface area contributed by atoms with Crippen molar-refractivity contribution in [2.24, 2.45) is 5.92 Å². The molecule has 4 nitrogen and oxygen atoms in total. The van der Waals surface area contributed by atoms with Gasteiger partial charge in [0.05, 0.1) is 6.10 Å². The van der Waals surface area contributed by atoms with Crippen molar-refractivity contribution >= 4 is 17.5 Å². The number of rotatable bonds is 3. The number of benzene rings is 1. The molecule has 1 amide bonds. The predicted octanol–water partition coefficient (Wildman–Crippen LogP) is 2.50. The van der Waals surface area contributed by atoms with Crippen LogP contribution in [0.1, 0.15) is 37.2 Å². The highest BCUT2D eigenvalue weighted by Crippen LogP contribution is 2.49. The van der Waals surface area contributed by atoms with Gasteiger partial charge in [0.15, 0.2) is 0 Å². The summed E-state index contributed by atoms with van der Waals surface area (Å²) in [6, 6.07) is 8.20. The van der Waals surface area contributed by atoms with Crippen LogP contribution in [0.25, 0.3) is 0 Å². The summed E-state index contributed by atoms with van der Waals surface area (Å²) in [4.78, 5) is 17.1. The van der Waals surface area contributed by atoms with Crippen molar-refractivity contribution in [3.05, 3.63) is 34.9 Å². The van der Waals surface area contributed by atoms with Crippen LogP contribution in [-0.2, 0) is 4.79 Å². The summed E-state index contributed by atoms with van der Waals surface area (Å²) in [5, 5.41) is 10.8. The Kier molecular flexibility index (Phi) is 4.54. The van der Waals surface area contributed by atoms with E-state index in [1.54, 1.807) is 0 Å². The smallest absolute Gasteiger partial charge is 0.226 e. The van der Waals surface area contributed by atoms with Crippen molar-refractivity contribution in [2.45, 2.75) is 43.7 Å². The molecule has 3 aliphatic rings. The fourth-order valence-electron chi connectivity index (χ4n) is 4.43. The van der Waals surface area contributed by atoms with Gasteiger partial charge in [0.1, 0.15) is 0 Å². The molecule has 0 bridgehead atoms. The Labute approximate surface area is 148 Å². The number of amides is 1. The van der Waals surface area contributed by atoms with Crippen molar-refractivity contribution in [3.8, 4) is 0 Å². The van der Waals surface area contributed by atoms with E-state index in [9.17, 15) is 9.90 Å². The summed E-state index contributed by atoms with van der Waals surface area (Å²) in [6.07, 6.45) is 3.90. The first-order valence-corrected chi connectivity index (χ1v) is 9.47. The number of aliphatic hydroxyl groups is 1. The fraction of sp³-hybridized carbons (Fsp3) is 0.632. The Morgan fingerprint density at radius 3 is 2.62 bits per heavy atom. The quantitative estimate of drug-likeness (QED) is 0.912. The predicted molar refractivity (Wildman–Crippen MR) is 94.1 cm³/mol. The van der Waals surface area contributed by atoms with Crippen molar-refractivity contribution < 1.29 is 9.90 Å². The molecule has 2 aliphatic carbocycles. The van der Waals surface area contributed by atoms with Crippen LogP contribution in [0.5, 0.6) is 0 Å².